The molecule has 21 heavy (non-hydrogen) atoms. The molecule has 112 valence electrons. The Morgan fingerprint density at radius 3 is 2.67 bits per heavy atom. The van der Waals surface area contributed by atoms with E-state index in [-0.39, 0.29) is 11.9 Å². The fraction of sp³-hybridized carbons (Fsp3) is 0.250. The maximum atomic E-state index is 13.8. The summed E-state index contributed by atoms with van der Waals surface area (Å²) in [7, 11) is 0. The molecule has 0 fully saturated rings. The van der Waals surface area contributed by atoms with Gasteiger partial charge in [0.05, 0.1) is 17.5 Å². The first kappa shape index (κ1) is 15.6. The zero-order valence-corrected chi connectivity index (χ0v) is 13.6. The molecule has 3 N–H and O–H groups in total. The highest BCUT2D eigenvalue weighted by Crippen LogP contribution is 2.29. The SMILES string of the molecule is CC(C)Oc1cc(NCc2ccccc2Br)c(N)cc1F. The summed E-state index contributed by atoms with van der Waals surface area (Å²) in [5.41, 5.74) is 7.96. The van der Waals surface area contributed by atoms with Gasteiger partial charge in [-0.25, -0.2) is 4.39 Å². The fourth-order valence-corrected chi connectivity index (χ4v) is 2.32. The van der Waals surface area contributed by atoms with E-state index in [0.29, 0.717) is 17.9 Å². The average molecular weight is 353 g/mol. The Hall–Kier alpha value is -1.75. The van der Waals surface area contributed by atoms with E-state index in [1.54, 1.807) is 6.07 Å². The van der Waals surface area contributed by atoms with E-state index >= 15 is 0 Å². The molecule has 0 bridgehead atoms. The van der Waals surface area contributed by atoms with Crippen LogP contribution >= 0.6 is 15.9 Å². The minimum absolute atomic E-state index is 0.0979. The van der Waals surface area contributed by atoms with Crippen molar-refractivity contribution in [3.63, 3.8) is 0 Å². The van der Waals surface area contributed by atoms with Gasteiger partial charge in [0.25, 0.3) is 0 Å². The smallest absolute Gasteiger partial charge is 0.167 e. The Morgan fingerprint density at radius 1 is 1.29 bits per heavy atom. The lowest BCUT2D eigenvalue weighted by atomic mass is 10.2. The molecule has 2 aromatic rings. The maximum Gasteiger partial charge on any atom is 0.167 e. The minimum atomic E-state index is -0.451. The Kier molecular flexibility index (Phi) is 5.07. The summed E-state index contributed by atoms with van der Waals surface area (Å²) in [6.45, 7) is 4.28. The Morgan fingerprint density at radius 2 is 2.00 bits per heavy atom. The molecule has 3 nitrogen and oxygen atoms in total. The second kappa shape index (κ2) is 6.80. The first-order valence-corrected chi connectivity index (χ1v) is 7.49. The highest BCUT2D eigenvalue weighted by Gasteiger charge is 2.11. The summed E-state index contributed by atoms with van der Waals surface area (Å²) >= 11 is 3.49. The molecule has 0 amide bonds. The molecule has 0 saturated heterocycles. The third-order valence-corrected chi connectivity index (χ3v) is 3.67. The molecule has 0 aliphatic heterocycles. The number of benzene rings is 2. The molecular formula is C16H18BrFN2O. The van der Waals surface area contributed by atoms with Crippen LogP contribution in [-0.4, -0.2) is 6.10 Å². The Bertz CT molecular complexity index is 632. The van der Waals surface area contributed by atoms with Crippen molar-refractivity contribution in [2.75, 3.05) is 11.1 Å². The summed E-state index contributed by atoms with van der Waals surface area (Å²) in [4.78, 5) is 0. The van der Waals surface area contributed by atoms with Crippen molar-refractivity contribution in [1.29, 1.82) is 0 Å². The van der Waals surface area contributed by atoms with Crippen molar-refractivity contribution in [1.82, 2.24) is 0 Å². The molecule has 0 aromatic heterocycles. The fourth-order valence-electron chi connectivity index (χ4n) is 1.90. The monoisotopic (exact) mass is 352 g/mol. The molecule has 0 saturated carbocycles. The van der Waals surface area contributed by atoms with E-state index in [1.165, 1.54) is 6.07 Å². The van der Waals surface area contributed by atoms with Gasteiger partial charge in [0, 0.05) is 23.2 Å². The van der Waals surface area contributed by atoms with Crippen LogP contribution in [0.15, 0.2) is 40.9 Å². The highest BCUT2D eigenvalue weighted by atomic mass is 79.9. The van der Waals surface area contributed by atoms with Crippen LogP contribution in [0.1, 0.15) is 19.4 Å². The number of halogens is 2. The van der Waals surface area contributed by atoms with Crippen molar-refractivity contribution < 1.29 is 9.13 Å². The largest absolute Gasteiger partial charge is 0.488 e. The summed E-state index contributed by atoms with van der Waals surface area (Å²) in [5, 5.41) is 3.21. The summed E-state index contributed by atoms with van der Waals surface area (Å²) in [6.07, 6.45) is -0.0979. The Labute approximate surface area is 132 Å². The van der Waals surface area contributed by atoms with Gasteiger partial charge in [-0.05, 0) is 25.5 Å². The zero-order chi connectivity index (χ0) is 15.4. The lowest BCUT2D eigenvalue weighted by Gasteiger charge is -2.15. The van der Waals surface area contributed by atoms with Crippen LogP contribution in [0.3, 0.4) is 0 Å². The van der Waals surface area contributed by atoms with Gasteiger partial charge in [-0.15, -0.1) is 0 Å². The third kappa shape index (κ3) is 4.11. The van der Waals surface area contributed by atoms with Gasteiger partial charge in [-0.3, -0.25) is 0 Å². The third-order valence-electron chi connectivity index (χ3n) is 2.89. The number of rotatable bonds is 5. The number of hydrogen-bond donors (Lipinski definition) is 2. The minimum Gasteiger partial charge on any atom is -0.488 e. The van der Waals surface area contributed by atoms with E-state index in [4.69, 9.17) is 10.5 Å². The van der Waals surface area contributed by atoms with Crippen molar-refractivity contribution >= 4 is 27.3 Å². The van der Waals surface area contributed by atoms with E-state index < -0.39 is 5.82 Å². The van der Waals surface area contributed by atoms with Gasteiger partial charge in [0.2, 0.25) is 0 Å². The lowest BCUT2D eigenvalue weighted by molar-refractivity contribution is 0.231. The summed E-state index contributed by atoms with van der Waals surface area (Å²) in [5.74, 6) is -0.249. The molecular weight excluding hydrogens is 335 g/mol. The number of nitrogen functional groups attached to an aromatic ring is 1. The number of ether oxygens (including phenoxy) is 1. The second-order valence-electron chi connectivity index (χ2n) is 4.98. The van der Waals surface area contributed by atoms with Gasteiger partial charge in [-0.1, -0.05) is 34.1 Å². The second-order valence-corrected chi connectivity index (χ2v) is 5.84. The predicted octanol–water partition coefficient (Wildman–Crippen LogP) is 4.57. The molecule has 0 atom stereocenters. The van der Waals surface area contributed by atoms with E-state index in [0.717, 1.165) is 10.0 Å². The predicted molar refractivity (Wildman–Crippen MR) is 88.0 cm³/mol. The first-order chi connectivity index (χ1) is 9.97. The molecule has 2 aromatic carbocycles. The normalized spacial score (nSPS) is 10.7. The van der Waals surface area contributed by atoms with E-state index in [2.05, 4.69) is 21.2 Å². The molecule has 0 aliphatic rings. The lowest BCUT2D eigenvalue weighted by Crippen LogP contribution is -2.09. The zero-order valence-electron chi connectivity index (χ0n) is 12.0. The standard InChI is InChI=1S/C16H18BrFN2O/c1-10(2)21-16-8-15(14(19)7-13(16)18)20-9-11-5-3-4-6-12(11)17/h3-8,10,20H,9,19H2,1-2H3. The Balaban J connectivity index is 2.18. The van der Waals surface area contributed by atoms with Crippen molar-refractivity contribution in [2.24, 2.45) is 0 Å². The van der Waals surface area contributed by atoms with Gasteiger partial charge in [0.1, 0.15) is 0 Å². The quantitative estimate of drug-likeness (QED) is 0.774. The van der Waals surface area contributed by atoms with Crippen molar-refractivity contribution in [3.8, 4) is 5.75 Å². The number of hydrogen-bond acceptors (Lipinski definition) is 3. The highest BCUT2D eigenvalue weighted by molar-refractivity contribution is 9.10. The topological polar surface area (TPSA) is 47.3 Å². The van der Waals surface area contributed by atoms with Crippen LogP contribution in [0.25, 0.3) is 0 Å². The van der Waals surface area contributed by atoms with Crippen LogP contribution in [0.5, 0.6) is 5.75 Å². The summed E-state index contributed by atoms with van der Waals surface area (Å²) < 4.78 is 20.2. The van der Waals surface area contributed by atoms with Gasteiger partial charge in [-0.2, -0.15) is 0 Å². The van der Waals surface area contributed by atoms with E-state index in [1.807, 2.05) is 38.1 Å². The number of nitrogens with one attached hydrogen (secondary N) is 1. The molecule has 0 aliphatic carbocycles. The molecule has 5 heteroatoms. The molecule has 0 unspecified atom stereocenters. The first-order valence-electron chi connectivity index (χ1n) is 6.70. The van der Waals surface area contributed by atoms with Crippen molar-refractivity contribution in [2.45, 2.75) is 26.5 Å². The maximum absolute atomic E-state index is 13.8. The molecule has 0 radical (unpaired) electrons. The van der Waals surface area contributed by atoms with Crippen LogP contribution in [0.2, 0.25) is 0 Å². The number of nitrogens with two attached hydrogens (primary N) is 1. The van der Waals surface area contributed by atoms with Crippen LogP contribution in [0.4, 0.5) is 15.8 Å². The van der Waals surface area contributed by atoms with Crippen LogP contribution < -0.4 is 15.8 Å². The molecule has 0 spiro atoms. The van der Waals surface area contributed by atoms with Gasteiger partial charge in [0.15, 0.2) is 11.6 Å². The average Bonchev–Trinajstić information content (AvgIpc) is 2.41. The molecule has 2 rings (SSSR count). The van der Waals surface area contributed by atoms with Crippen LogP contribution in [0, 0.1) is 5.82 Å². The van der Waals surface area contributed by atoms with Gasteiger partial charge >= 0.3 is 0 Å². The van der Waals surface area contributed by atoms with E-state index in [9.17, 15) is 4.39 Å². The van der Waals surface area contributed by atoms with Crippen molar-refractivity contribution in [3.05, 3.63) is 52.3 Å². The van der Waals surface area contributed by atoms with Crippen LogP contribution in [-0.2, 0) is 6.54 Å². The molecule has 0 heterocycles. The van der Waals surface area contributed by atoms with Gasteiger partial charge < -0.3 is 15.8 Å². The number of anilines is 2. The summed E-state index contributed by atoms with van der Waals surface area (Å²) in [6, 6.07) is 10.8.